The summed E-state index contributed by atoms with van der Waals surface area (Å²) in [4.78, 5) is 8.00. The Kier molecular flexibility index (Phi) is 2.83. The van der Waals surface area contributed by atoms with Crippen molar-refractivity contribution >= 4 is 17.4 Å². The Bertz CT molecular complexity index is 351. The lowest BCUT2D eigenvalue weighted by Crippen LogP contribution is -2.18. The SMILES string of the molecule is CC1(C)CCC(Nc2cc(Cl)ncn2)C1. The highest BCUT2D eigenvalue weighted by Crippen LogP contribution is 2.38. The highest BCUT2D eigenvalue weighted by Gasteiger charge is 2.30. The third kappa shape index (κ3) is 2.81. The molecule has 1 atom stereocenters. The highest BCUT2D eigenvalue weighted by molar-refractivity contribution is 6.29. The number of anilines is 1. The van der Waals surface area contributed by atoms with E-state index in [9.17, 15) is 0 Å². The number of halogens is 1. The fraction of sp³-hybridized carbons (Fsp3) is 0.636. The monoisotopic (exact) mass is 225 g/mol. The summed E-state index contributed by atoms with van der Waals surface area (Å²) in [6, 6.07) is 2.29. The maximum Gasteiger partial charge on any atom is 0.134 e. The standard InChI is InChI=1S/C11H16ClN3/c1-11(2)4-3-8(6-11)15-10-5-9(12)13-7-14-10/h5,7-8H,3-4,6H2,1-2H3,(H,13,14,15). The van der Waals surface area contributed by atoms with Crippen LogP contribution in [0.5, 0.6) is 0 Å². The first-order chi connectivity index (χ1) is 7.05. The average Bonchev–Trinajstić information content (AvgIpc) is 2.45. The maximum absolute atomic E-state index is 5.80. The fourth-order valence-corrected chi connectivity index (χ4v) is 2.33. The molecule has 1 aliphatic rings. The van der Waals surface area contributed by atoms with E-state index in [4.69, 9.17) is 11.6 Å². The summed E-state index contributed by atoms with van der Waals surface area (Å²) in [5.74, 6) is 0.831. The van der Waals surface area contributed by atoms with Crippen LogP contribution < -0.4 is 5.32 Å². The van der Waals surface area contributed by atoms with Gasteiger partial charge >= 0.3 is 0 Å². The smallest absolute Gasteiger partial charge is 0.134 e. The van der Waals surface area contributed by atoms with Crippen molar-refractivity contribution in [1.29, 1.82) is 0 Å². The van der Waals surface area contributed by atoms with Crippen LogP contribution in [-0.4, -0.2) is 16.0 Å². The fourth-order valence-electron chi connectivity index (χ4n) is 2.18. The first-order valence-corrected chi connectivity index (χ1v) is 5.67. The molecular weight excluding hydrogens is 210 g/mol. The summed E-state index contributed by atoms with van der Waals surface area (Å²) in [6.45, 7) is 4.61. The summed E-state index contributed by atoms with van der Waals surface area (Å²) >= 11 is 5.80. The number of nitrogens with zero attached hydrogens (tertiary/aromatic N) is 2. The zero-order valence-electron chi connectivity index (χ0n) is 9.13. The first-order valence-electron chi connectivity index (χ1n) is 5.29. The molecule has 1 fully saturated rings. The van der Waals surface area contributed by atoms with Crippen molar-refractivity contribution in [3.8, 4) is 0 Å². The van der Waals surface area contributed by atoms with Crippen molar-refractivity contribution in [2.45, 2.75) is 39.2 Å². The minimum atomic E-state index is 0.453. The van der Waals surface area contributed by atoms with E-state index >= 15 is 0 Å². The summed E-state index contributed by atoms with van der Waals surface area (Å²) < 4.78 is 0. The topological polar surface area (TPSA) is 37.8 Å². The van der Waals surface area contributed by atoms with Crippen molar-refractivity contribution in [3.05, 3.63) is 17.5 Å². The van der Waals surface area contributed by atoms with Crippen LogP contribution in [0.4, 0.5) is 5.82 Å². The Morgan fingerprint density at radius 3 is 2.87 bits per heavy atom. The average molecular weight is 226 g/mol. The molecule has 1 aromatic heterocycles. The van der Waals surface area contributed by atoms with Crippen LogP contribution in [0.3, 0.4) is 0 Å². The van der Waals surface area contributed by atoms with Gasteiger partial charge in [-0.2, -0.15) is 0 Å². The lowest BCUT2D eigenvalue weighted by Gasteiger charge is -2.18. The molecule has 1 aliphatic carbocycles. The predicted octanol–water partition coefficient (Wildman–Crippen LogP) is 3.12. The minimum absolute atomic E-state index is 0.453. The van der Waals surface area contributed by atoms with Crippen molar-refractivity contribution in [2.75, 3.05) is 5.32 Å². The van der Waals surface area contributed by atoms with Crippen molar-refractivity contribution in [2.24, 2.45) is 5.41 Å². The van der Waals surface area contributed by atoms with E-state index in [1.807, 2.05) is 0 Å². The van der Waals surface area contributed by atoms with Crippen LogP contribution in [0.25, 0.3) is 0 Å². The summed E-state index contributed by atoms with van der Waals surface area (Å²) in [7, 11) is 0. The third-order valence-corrected chi connectivity index (χ3v) is 3.16. The number of nitrogens with one attached hydrogen (secondary N) is 1. The molecule has 0 amide bonds. The molecular formula is C11H16ClN3. The molecule has 1 N–H and O–H groups in total. The van der Waals surface area contributed by atoms with Crippen molar-refractivity contribution < 1.29 is 0 Å². The van der Waals surface area contributed by atoms with Gasteiger partial charge in [0.2, 0.25) is 0 Å². The quantitative estimate of drug-likeness (QED) is 0.786. The molecule has 15 heavy (non-hydrogen) atoms. The van der Waals surface area contributed by atoms with Crippen LogP contribution in [0.1, 0.15) is 33.1 Å². The van der Waals surface area contributed by atoms with E-state index in [2.05, 4.69) is 29.1 Å². The number of hydrogen-bond acceptors (Lipinski definition) is 3. The summed E-state index contributed by atoms with van der Waals surface area (Å²) in [6.07, 6.45) is 5.15. The molecule has 0 bridgehead atoms. The minimum Gasteiger partial charge on any atom is -0.367 e. The van der Waals surface area contributed by atoms with E-state index in [0.29, 0.717) is 16.6 Å². The van der Waals surface area contributed by atoms with E-state index in [0.717, 1.165) is 5.82 Å². The number of rotatable bonds is 2. The normalized spacial score (nSPS) is 24.1. The van der Waals surface area contributed by atoms with Crippen LogP contribution in [-0.2, 0) is 0 Å². The molecule has 0 aliphatic heterocycles. The molecule has 3 nitrogen and oxygen atoms in total. The van der Waals surface area contributed by atoms with Crippen LogP contribution in [0, 0.1) is 5.41 Å². The number of aromatic nitrogens is 2. The third-order valence-electron chi connectivity index (χ3n) is 2.95. The van der Waals surface area contributed by atoms with Gasteiger partial charge in [-0.3, -0.25) is 0 Å². The Balaban J connectivity index is 1.99. The lowest BCUT2D eigenvalue weighted by molar-refractivity contribution is 0.378. The second kappa shape index (κ2) is 3.97. The van der Waals surface area contributed by atoms with Gasteiger partial charge in [0, 0.05) is 12.1 Å². The van der Waals surface area contributed by atoms with Gasteiger partial charge < -0.3 is 5.32 Å². The molecule has 0 saturated heterocycles. The Morgan fingerprint density at radius 1 is 1.47 bits per heavy atom. The Labute approximate surface area is 95.3 Å². The van der Waals surface area contributed by atoms with E-state index in [1.165, 1.54) is 25.6 Å². The largest absolute Gasteiger partial charge is 0.367 e. The zero-order valence-corrected chi connectivity index (χ0v) is 9.88. The first kappa shape index (κ1) is 10.7. The molecule has 1 heterocycles. The van der Waals surface area contributed by atoms with Crippen LogP contribution in [0.15, 0.2) is 12.4 Å². The molecule has 2 rings (SSSR count). The molecule has 1 aromatic rings. The second-order valence-electron chi connectivity index (χ2n) is 4.97. The Hall–Kier alpha value is -0.830. The van der Waals surface area contributed by atoms with Crippen LogP contribution >= 0.6 is 11.6 Å². The molecule has 0 radical (unpaired) electrons. The maximum atomic E-state index is 5.80. The molecule has 4 heteroatoms. The molecule has 0 spiro atoms. The summed E-state index contributed by atoms with van der Waals surface area (Å²) in [5.41, 5.74) is 0.453. The number of hydrogen-bond donors (Lipinski definition) is 1. The molecule has 1 unspecified atom stereocenters. The van der Waals surface area contributed by atoms with Gasteiger partial charge in [0.05, 0.1) is 0 Å². The van der Waals surface area contributed by atoms with Crippen molar-refractivity contribution in [1.82, 2.24) is 9.97 Å². The van der Waals surface area contributed by atoms with Gasteiger partial charge in [0.1, 0.15) is 17.3 Å². The van der Waals surface area contributed by atoms with Gasteiger partial charge in [0.25, 0.3) is 0 Å². The molecule has 82 valence electrons. The highest BCUT2D eigenvalue weighted by atomic mass is 35.5. The van der Waals surface area contributed by atoms with Gasteiger partial charge in [0.15, 0.2) is 0 Å². The van der Waals surface area contributed by atoms with Crippen LogP contribution in [0.2, 0.25) is 5.15 Å². The van der Waals surface area contributed by atoms with Gasteiger partial charge in [-0.1, -0.05) is 25.4 Å². The summed E-state index contributed by atoms with van der Waals surface area (Å²) in [5, 5.41) is 3.89. The predicted molar refractivity (Wildman–Crippen MR) is 62.1 cm³/mol. The van der Waals surface area contributed by atoms with E-state index in [-0.39, 0.29) is 0 Å². The van der Waals surface area contributed by atoms with Gasteiger partial charge in [-0.05, 0) is 24.7 Å². The van der Waals surface area contributed by atoms with Gasteiger partial charge in [-0.25, -0.2) is 9.97 Å². The Morgan fingerprint density at radius 2 is 2.27 bits per heavy atom. The van der Waals surface area contributed by atoms with E-state index in [1.54, 1.807) is 6.07 Å². The zero-order chi connectivity index (χ0) is 10.9. The van der Waals surface area contributed by atoms with Crippen molar-refractivity contribution in [3.63, 3.8) is 0 Å². The van der Waals surface area contributed by atoms with E-state index < -0.39 is 0 Å². The lowest BCUT2D eigenvalue weighted by atomic mass is 9.92. The molecule has 0 aromatic carbocycles. The molecule has 1 saturated carbocycles. The van der Waals surface area contributed by atoms with Gasteiger partial charge in [-0.15, -0.1) is 0 Å². The second-order valence-corrected chi connectivity index (χ2v) is 5.36.